The molecule has 2 unspecified atom stereocenters. The number of nitrogens with zero attached hydrogens (tertiary/aromatic N) is 1. The zero-order valence-corrected chi connectivity index (χ0v) is 18.3. The van der Waals surface area contributed by atoms with Crippen LogP contribution in [0, 0.1) is 5.82 Å². The average molecular weight is 444 g/mol. The van der Waals surface area contributed by atoms with Crippen LogP contribution >= 0.6 is 0 Å². The molecule has 2 aliphatic heterocycles. The van der Waals surface area contributed by atoms with Gasteiger partial charge in [-0.25, -0.2) is 9.18 Å². The van der Waals surface area contributed by atoms with Gasteiger partial charge in [-0.05, 0) is 52.8 Å². The molecule has 2 atom stereocenters. The SMILES string of the molecule is O=C(OCC1c2ccccc2-c2ccccc21)N1C2CCC1CC(O)(c1ccc(F)cc1)C2. The summed E-state index contributed by atoms with van der Waals surface area (Å²) >= 11 is 0. The molecule has 0 radical (unpaired) electrons. The van der Waals surface area contributed by atoms with E-state index in [-0.39, 0.29) is 29.9 Å². The Balaban J connectivity index is 1.18. The number of benzene rings is 3. The Bertz CT molecular complexity index is 1150. The summed E-state index contributed by atoms with van der Waals surface area (Å²) in [4.78, 5) is 15.0. The normalized spacial score (nSPS) is 25.6. The highest BCUT2D eigenvalue weighted by Gasteiger charge is 2.50. The molecule has 168 valence electrons. The van der Waals surface area contributed by atoms with Crippen molar-refractivity contribution < 1.29 is 19.0 Å². The summed E-state index contributed by atoms with van der Waals surface area (Å²) in [5.41, 5.74) is 4.47. The second-order valence-corrected chi connectivity index (χ2v) is 9.54. The third-order valence-electron chi connectivity index (χ3n) is 7.69. The summed E-state index contributed by atoms with van der Waals surface area (Å²) in [6, 6.07) is 22.5. The molecule has 2 bridgehead atoms. The molecule has 1 N–H and O–H groups in total. The van der Waals surface area contributed by atoms with Crippen LogP contribution in [0.5, 0.6) is 0 Å². The Morgan fingerprint density at radius 1 is 0.909 bits per heavy atom. The zero-order chi connectivity index (χ0) is 22.6. The number of halogens is 1. The van der Waals surface area contributed by atoms with E-state index in [1.54, 1.807) is 12.1 Å². The molecule has 4 nitrogen and oxygen atoms in total. The van der Waals surface area contributed by atoms with Gasteiger partial charge in [0, 0.05) is 30.8 Å². The molecule has 2 fully saturated rings. The number of hydrogen-bond acceptors (Lipinski definition) is 3. The van der Waals surface area contributed by atoms with Crippen molar-refractivity contribution >= 4 is 6.09 Å². The lowest BCUT2D eigenvalue weighted by molar-refractivity contribution is -0.0531. The molecule has 5 heteroatoms. The Morgan fingerprint density at radius 2 is 1.45 bits per heavy atom. The third kappa shape index (κ3) is 3.34. The van der Waals surface area contributed by atoms with Crippen LogP contribution in [0.2, 0.25) is 0 Å². The largest absolute Gasteiger partial charge is 0.448 e. The lowest BCUT2D eigenvalue weighted by Gasteiger charge is -2.43. The number of aliphatic hydroxyl groups is 1. The fourth-order valence-electron chi connectivity index (χ4n) is 6.19. The highest BCUT2D eigenvalue weighted by atomic mass is 19.1. The molecule has 3 aliphatic rings. The molecule has 3 aromatic carbocycles. The van der Waals surface area contributed by atoms with Gasteiger partial charge in [-0.15, -0.1) is 0 Å². The first-order valence-corrected chi connectivity index (χ1v) is 11.7. The Kier molecular flexibility index (Phi) is 4.77. The summed E-state index contributed by atoms with van der Waals surface area (Å²) in [6.45, 7) is 0.297. The lowest BCUT2D eigenvalue weighted by Crippen LogP contribution is -2.52. The quantitative estimate of drug-likeness (QED) is 0.574. The van der Waals surface area contributed by atoms with Crippen molar-refractivity contribution in [1.29, 1.82) is 0 Å². The van der Waals surface area contributed by atoms with E-state index in [9.17, 15) is 14.3 Å². The van der Waals surface area contributed by atoms with E-state index >= 15 is 0 Å². The predicted molar refractivity (Wildman–Crippen MR) is 123 cm³/mol. The molecular weight excluding hydrogens is 417 g/mol. The number of fused-ring (bicyclic) bond motifs is 5. The highest BCUT2D eigenvalue weighted by Crippen LogP contribution is 2.47. The minimum atomic E-state index is -1.04. The van der Waals surface area contributed by atoms with Crippen molar-refractivity contribution in [2.75, 3.05) is 6.61 Å². The van der Waals surface area contributed by atoms with Crippen molar-refractivity contribution in [1.82, 2.24) is 4.90 Å². The lowest BCUT2D eigenvalue weighted by atomic mass is 9.80. The molecule has 0 aromatic heterocycles. The Labute approximate surface area is 192 Å². The third-order valence-corrected chi connectivity index (χ3v) is 7.69. The van der Waals surface area contributed by atoms with Crippen LogP contribution in [0.1, 0.15) is 48.3 Å². The van der Waals surface area contributed by atoms with Crippen molar-refractivity contribution in [2.24, 2.45) is 0 Å². The predicted octanol–water partition coefficient (Wildman–Crippen LogP) is 5.59. The van der Waals surface area contributed by atoms with E-state index < -0.39 is 5.60 Å². The van der Waals surface area contributed by atoms with Crippen molar-refractivity contribution in [3.8, 4) is 11.1 Å². The van der Waals surface area contributed by atoms with Gasteiger partial charge in [-0.1, -0.05) is 60.7 Å². The smallest absolute Gasteiger partial charge is 0.410 e. The summed E-state index contributed by atoms with van der Waals surface area (Å²) in [5.74, 6) is -0.290. The Hall–Kier alpha value is -3.18. The number of carbonyl (C=O) groups is 1. The average Bonchev–Trinajstić information content (AvgIpc) is 3.30. The number of rotatable bonds is 3. The van der Waals surface area contributed by atoms with Crippen molar-refractivity contribution in [2.45, 2.75) is 49.3 Å². The highest BCUT2D eigenvalue weighted by molar-refractivity contribution is 5.79. The number of carbonyl (C=O) groups excluding carboxylic acids is 1. The molecule has 1 aliphatic carbocycles. The second kappa shape index (κ2) is 7.70. The van der Waals surface area contributed by atoms with E-state index in [0.29, 0.717) is 25.0 Å². The summed E-state index contributed by atoms with van der Waals surface area (Å²) in [6.07, 6.45) is 2.28. The standard InChI is InChI=1S/C28H26FNO3/c29-19-11-9-18(10-12-19)28(32)15-20-13-14-21(16-28)30(20)27(31)33-17-26-24-7-3-1-5-22(24)23-6-2-4-8-25(23)26/h1-12,20-21,26,32H,13-17H2. The number of hydrogen-bond donors (Lipinski definition) is 1. The zero-order valence-electron chi connectivity index (χ0n) is 18.3. The minimum Gasteiger partial charge on any atom is -0.448 e. The van der Waals surface area contributed by atoms with E-state index in [4.69, 9.17) is 4.74 Å². The van der Waals surface area contributed by atoms with Crippen LogP contribution in [0.3, 0.4) is 0 Å². The first-order valence-electron chi connectivity index (χ1n) is 11.7. The van der Waals surface area contributed by atoms with Crippen LogP contribution in [-0.4, -0.2) is 34.8 Å². The molecule has 6 rings (SSSR count). The summed E-state index contributed by atoms with van der Waals surface area (Å²) in [5, 5.41) is 11.3. The van der Waals surface area contributed by atoms with E-state index in [0.717, 1.165) is 12.8 Å². The van der Waals surface area contributed by atoms with Gasteiger partial charge in [-0.2, -0.15) is 0 Å². The molecule has 0 spiro atoms. The van der Waals surface area contributed by atoms with Gasteiger partial charge in [-0.3, -0.25) is 0 Å². The van der Waals surface area contributed by atoms with Crippen LogP contribution in [0.15, 0.2) is 72.8 Å². The van der Waals surface area contributed by atoms with Crippen molar-refractivity contribution in [3.05, 3.63) is 95.3 Å². The molecule has 3 aromatic rings. The van der Waals surface area contributed by atoms with Gasteiger partial charge < -0.3 is 14.7 Å². The van der Waals surface area contributed by atoms with Crippen LogP contribution < -0.4 is 0 Å². The van der Waals surface area contributed by atoms with Gasteiger partial charge in [0.05, 0.1) is 5.60 Å². The van der Waals surface area contributed by atoms with E-state index in [2.05, 4.69) is 24.3 Å². The van der Waals surface area contributed by atoms with Gasteiger partial charge in [0.25, 0.3) is 0 Å². The van der Waals surface area contributed by atoms with Gasteiger partial charge in [0.2, 0.25) is 0 Å². The van der Waals surface area contributed by atoms with Crippen LogP contribution in [-0.2, 0) is 10.3 Å². The molecule has 2 heterocycles. The van der Waals surface area contributed by atoms with E-state index in [1.165, 1.54) is 34.4 Å². The molecule has 0 saturated carbocycles. The summed E-state index contributed by atoms with van der Waals surface area (Å²) < 4.78 is 19.3. The van der Waals surface area contributed by atoms with Crippen molar-refractivity contribution in [3.63, 3.8) is 0 Å². The first kappa shape index (κ1) is 20.4. The van der Waals surface area contributed by atoms with Gasteiger partial charge in [0.15, 0.2) is 0 Å². The number of amides is 1. The van der Waals surface area contributed by atoms with Crippen LogP contribution in [0.4, 0.5) is 9.18 Å². The number of ether oxygens (including phenoxy) is 1. The second-order valence-electron chi connectivity index (χ2n) is 9.54. The van der Waals surface area contributed by atoms with E-state index in [1.807, 2.05) is 29.2 Å². The molecule has 33 heavy (non-hydrogen) atoms. The fourth-order valence-corrected chi connectivity index (χ4v) is 6.19. The Morgan fingerprint density at radius 3 is 2.03 bits per heavy atom. The minimum absolute atomic E-state index is 0.0277. The number of piperidine rings is 1. The maximum atomic E-state index is 13.4. The van der Waals surface area contributed by atoms with Gasteiger partial charge >= 0.3 is 6.09 Å². The topological polar surface area (TPSA) is 49.8 Å². The maximum Gasteiger partial charge on any atom is 0.410 e. The fraction of sp³-hybridized carbons (Fsp3) is 0.321. The monoisotopic (exact) mass is 443 g/mol. The molecular formula is C28H26FNO3. The first-order chi connectivity index (χ1) is 16.0. The molecule has 1 amide bonds. The molecule has 2 saturated heterocycles. The van der Waals surface area contributed by atoms with Crippen LogP contribution in [0.25, 0.3) is 11.1 Å². The maximum absolute atomic E-state index is 13.4. The van der Waals surface area contributed by atoms with Gasteiger partial charge in [0.1, 0.15) is 12.4 Å². The summed E-state index contributed by atoms with van der Waals surface area (Å²) in [7, 11) is 0.